The molecule has 1 heterocycles. The third-order valence-corrected chi connectivity index (χ3v) is 4.12. The van der Waals surface area contributed by atoms with Gasteiger partial charge in [-0.3, -0.25) is 0 Å². The molecule has 1 N–H and O–H groups in total. The number of benzene rings is 1. The van der Waals surface area contributed by atoms with Crippen molar-refractivity contribution in [3.8, 4) is 0 Å². The molecule has 1 aromatic carbocycles. The summed E-state index contributed by atoms with van der Waals surface area (Å²) in [6.45, 7) is 6.36. The van der Waals surface area contributed by atoms with Crippen molar-refractivity contribution < 1.29 is 0 Å². The Morgan fingerprint density at radius 1 is 1.32 bits per heavy atom. The summed E-state index contributed by atoms with van der Waals surface area (Å²) in [6, 6.07) is 7.95. The van der Waals surface area contributed by atoms with Gasteiger partial charge in [-0.1, -0.05) is 43.6 Å². The molecule has 2 nitrogen and oxygen atoms in total. The average molecular weight is 295 g/mol. The smallest absolute Gasteiger partial charge is 0.0972 e. The van der Waals surface area contributed by atoms with Crippen molar-refractivity contribution in [1.82, 2.24) is 10.3 Å². The third kappa shape index (κ3) is 4.60. The Balaban J connectivity index is 1.92. The Bertz CT molecular complexity index is 522. The van der Waals surface area contributed by atoms with E-state index in [0.29, 0.717) is 5.92 Å². The molecule has 4 heteroatoms. The zero-order valence-corrected chi connectivity index (χ0v) is 12.9. The van der Waals surface area contributed by atoms with Crippen LogP contribution in [-0.4, -0.2) is 11.5 Å². The summed E-state index contributed by atoms with van der Waals surface area (Å²) in [5.74, 6) is 0.676. The van der Waals surface area contributed by atoms with Gasteiger partial charge in [0.05, 0.1) is 5.01 Å². The van der Waals surface area contributed by atoms with Gasteiger partial charge in [0.25, 0.3) is 0 Å². The number of nitrogens with zero attached hydrogens (tertiary/aromatic N) is 1. The lowest BCUT2D eigenvalue weighted by atomic mass is 10.2. The molecule has 0 radical (unpaired) electrons. The normalized spacial score (nSPS) is 11.2. The highest BCUT2D eigenvalue weighted by atomic mass is 35.5. The molecular formula is C15H19ClN2S. The molecule has 2 rings (SSSR count). The number of aromatic nitrogens is 1. The first kappa shape index (κ1) is 14.5. The van der Waals surface area contributed by atoms with Crippen LogP contribution in [0.4, 0.5) is 0 Å². The van der Waals surface area contributed by atoms with E-state index in [0.717, 1.165) is 35.1 Å². The molecule has 2 aromatic rings. The molecule has 0 aliphatic heterocycles. The van der Waals surface area contributed by atoms with Gasteiger partial charge in [-0.25, -0.2) is 4.98 Å². The molecule has 1 aromatic heterocycles. The van der Waals surface area contributed by atoms with E-state index in [1.54, 1.807) is 11.3 Å². The van der Waals surface area contributed by atoms with Gasteiger partial charge in [-0.2, -0.15) is 0 Å². The lowest BCUT2D eigenvalue weighted by Crippen LogP contribution is -2.18. The second-order valence-corrected chi connectivity index (χ2v) is 6.62. The highest BCUT2D eigenvalue weighted by molar-refractivity contribution is 7.11. The molecule has 0 aliphatic carbocycles. The molecule has 0 fully saturated rings. The van der Waals surface area contributed by atoms with Crippen LogP contribution in [0.25, 0.3) is 0 Å². The van der Waals surface area contributed by atoms with Crippen LogP contribution in [0, 0.1) is 5.92 Å². The van der Waals surface area contributed by atoms with E-state index in [-0.39, 0.29) is 0 Å². The van der Waals surface area contributed by atoms with Crippen molar-refractivity contribution in [2.45, 2.75) is 26.8 Å². The fourth-order valence-corrected chi connectivity index (χ4v) is 2.92. The van der Waals surface area contributed by atoms with Gasteiger partial charge in [-0.15, -0.1) is 11.3 Å². The van der Waals surface area contributed by atoms with Gasteiger partial charge >= 0.3 is 0 Å². The van der Waals surface area contributed by atoms with E-state index in [9.17, 15) is 0 Å². The first-order valence-electron chi connectivity index (χ1n) is 6.53. The van der Waals surface area contributed by atoms with E-state index in [4.69, 9.17) is 11.6 Å². The van der Waals surface area contributed by atoms with Crippen LogP contribution in [-0.2, 0) is 13.0 Å². The summed E-state index contributed by atoms with van der Waals surface area (Å²) in [5.41, 5.74) is 1.14. The first-order chi connectivity index (χ1) is 9.15. The Morgan fingerprint density at radius 3 is 2.84 bits per heavy atom. The fourth-order valence-electron chi connectivity index (χ4n) is 1.80. The minimum atomic E-state index is 0.676. The van der Waals surface area contributed by atoms with Crippen molar-refractivity contribution in [2.75, 3.05) is 6.54 Å². The van der Waals surface area contributed by atoms with Crippen molar-refractivity contribution in [2.24, 2.45) is 5.92 Å². The molecule has 19 heavy (non-hydrogen) atoms. The van der Waals surface area contributed by atoms with Gasteiger partial charge in [0.1, 0.15) is 0 Å². The summed E-state index contributed by atoms with van der Waals surface area (Å²) in [6.07, 6.45) is 2.78. The van der Waals surface area contributed by atoms with Crippen molar-refractivity contribution in [3.63, 3.8) is 0 Å². The highest BCUT2D eigenvalue weighted by Gasteiger charge is 2.06. The van der Waals surface area contributed by atoms with Crippen molar-refractivity contribution in [3.05, 3.63) is 50.9 Å². The van der Waals surface area contributed by atoms with Crippen LogP contribution in [0.15, 0.2) is 30.5 Å². The molecule has 0 saturated carbocycles. The molecular weight excluding hydrogens is 276 g/mol. The highest BCUT2D eigenvalue weighted by Crippen LogP contribution is 2.21. The lowest BCUT2D eigenvalue weighted by Gasteiger charge is -2.04. The maximum absolute atomic E-state index is 6.16. The largest absolute Gasteiger partial charge is 0.312 e. The molecule has 0 atom stereocenters. The predicted molar refractivity (Wildman–Crippen MR) is 82.9 cm³/mol. The number of rotatable bonds is 6. The van der Waals surface area contributed by atoms with Crippen LogP contribution >= 0.6 is 22.9 Å². The van der Waals surface area contributed by atoms with Gasteiger partial charge in [-0.05, 0) is 24.1 Å². The average Bonchev–Trinajstić information content (AvgIpc) is 2.79. The minimum Gasteiger partial charge on any atom is -0.312 e. The van der Waals surface area contributed by atoms with Crippen LogP contribution in [0.5, 0.6) is 0 Å². The summed E-state index contributed by atoms with van der Waals surface area (Å²) in [7, 11) is 0. The number of nitrogens with one attached hydrogen (secondary N) is 1. The first-order valence-corrected chi connectivity index (χ1v) is 7.72. The van der Waals surface area contributed by atoms with Gasteiger partial charge in [0, 0.05) is 29.1 Å². The molecule has 0 bridgehead atoms. The van der Waals surface area contributed by atoms with Gasteiger partial charge in [0.2, 0.25) is 0 Å². The van der Waals surface area contributed by atoms with Crippen LogP contribution in [0.3, 0.4) is 0 Å². The molecule has 0 aliphatic rings. The standard InChI is InChI=1S/C15H19ClN2S/c1-11(2)8-17-9-13-10-18-15(19-13)7-12-5-3-4-6-14(12)16/h3-6,10-11,17H,7-9H2,1-2H3. The molecule has 0 unspecified atom stereocenters. The quantitative estimate of drug-likeness (QED) is 0.866. The van der Waals surface area contributed by atoms with E-state index < -0.39 is 0 Å². The summed E-state index contributed by atoms with van der Waals surface area (Å²) < 4.78 is 0. The lowest BCUT2D eigenvalue weighted by molar-refractivity contribution is 0.554. The van der Waals surface area contributed by atoms with E-state index in [1.165, 1.54) is 4.88 Å². The van der Waals surface area contributed by atoms with Gasteiger partial charge in [0.15, 0.2) is 0 Å². The maximum Gasteiger partial charge on any atom is 0.0972 e. The Morgan fingerprint density at radius 2 is 2.11 bits per heavy atom. The maximum atomic E-state index is 6.16. The number of thiazole rings is 1. The molecule has 0 saturated heterocycles. The third-order valence-electron chi connectivity index (χ3n) is 2.75. The van der Waals surface area contributed by atoms with Crippen LogP contribution in [0.2, 0.25) is 5.02 Å². The Labute approximate surface area is 123 Å². The Hall–Kier alpha value is -0.900. The fraction of sp³-hybridized carbons (Fsp3) is 0.400. The minimum absolute atomic E-state index is 0.676. The van der Waals surface area contributed by atoms with E-state index in [1.807, 2.05) is 24.4 Å². The van der Waals surface area contributed by atoms with Crippen LogP contribution < -0.4 is 5.32 Å². The molecule has 0 amide bonds. The number of halogens is 1. The topological polar surface area (TPSA) is 24.9 Å². The predicted octanol–water partition coefficient (Wildman–Crippen LogP) is 4.13. The van der Waals surface area contributed by atoms with Crippen molar-refractivity contribution >= 4 is 22.9 Å². The number of hydrogen-bond acceptors (Lipinski definition) is 3. The number of hydrogen-bond donors (Lipinski definition) is 1. The van der Waals surface area contributed by atoms with Crippen molar-refractivity contribution in [1.29, 1.82) is 0 Å². The SMILES string of the molecule is CC(C)CNCc1cnc(Cc2ccccc2Cl)s1. The Kier molecular flexibility index (Phi) is 5.37. The van der Waals surface area contributed by atoms with Gasteiger partial charge < -0.3 is 5.32 Å². The molecule has 102 valence electrons. The summed E-state index contributed by atoms with van der Waals surface area (Å²) in [4.78, 5) is 5.75. The summed E-state index contributed by atoms with van der Waals surface area (Å²) in [5, 5.41) is 5.37. The second kappa shape index (κ2) is 7.04. The molecule has 0 spiro atoms. The van der Waals surface area contributed by atoms with E-state index >= 15 is 0 Å². The zero-order valence-electron chi connectivity index (χ0n) is 11.3. The van der Waals surface area contributed by atoms with E-state index in [2.05, 4.69) is 30.2 Å². The summed E-state index contributed by atoms with van der Waals surface area (Å²) >= 11 is 7.92. The zero-order chi connectivity index (χ0) is 13.7. The monoisotopic (exact) mass is 294 g/mol. The van der Waals surface area contributed by atoms with Crippen LogP contribution in [0.1, 0.15) is 29.3 Å². The second-order valence-electron chi connectivity index (χ2n) is 5.01.